The highest BCUT2D eigenvalue weighted by atomic mass is 16.5. The molecule has 2 N–H and O–H groups in total. The van der Waals surface area contributed by atoms with Crippen molar-refractivity contribution in [1.29, 1.82) is 0 Å². The molecule has 2 unspecified atom stereocenters. The number of hydrogen-bond acceptors (Lipinski definition) is 3. The van der Waals surface area contributed by atoms with Crippen molar-refractivity contribution in [3.8, 4) is 0 Å². The predicted molar refractivity (Wildman–Crippen MR) is 54.6 cm³/mol. The molecule has 1 heterocycles. The van der Waals surface area contributed by atoms with Crippen LogP contribution in [0.1, 0.15) is 13.3 Å². The van der Waals surface area contributed by atoms with E-state index in [1.807, 2.05) is 6.08 Å². The fraction of sp³-hybridized carbons (Fsp3) is 0.800. The number of ether oxygens (including phenoxy) is 1. The standard InChI is InChI=1S/C10H20N2O/c1-3-6-12-7-9(2)13-10(8-12)4-5-11/h3,9-10H,1,4-8,11H2,2H3. The summed E-state index contributed by atoms with van der Waals surface area (Å²) in [5.41, 5.74) is 5.51. The van der Waals surface area contributed by atoms with Crippen molar-refractivity contribution >= 4 is 0 Å². The molecule has 1 aliphatic heterocycles. The van der Waals surface area contributed by atoms with Gasteiger partial charge in [-0.05, 0) is 19.9 Å². The van der Waals surface area contributed by atoms with Gasteiger partial charge in [0.1, 0.15) is 0 Å². The summed E-state index contributed by atoms with van der Waals surface area (Å²) in [4.78, 5) is 2.36. The van der Waals surface area contributed by atoms with Gasteiger partial charge in [-0.25, -0.2) is 0 Å². The zero-order chi connectivity index (χ0) is 9.68. The van der Waals surface area contributed by atoms with E-state index < -0.39 is 0 Å². The molecule has 1 aliphatic rings. The van der Waals surface area contributed by atoms with Crippen LogP contribution in [0.15, 0.2) is 12.7 Å². The Hall–Kier alpha value is -0.380. The average Bonchev–Trinajstić information content (AvgIpc) is 2.04. The fourth-order valence-electron chi connectivity index (χ4n) is 1.82. The zero-order valence-corrected chi connectivity index (χ0v) is 8.41. The molecule has 0 saturated carbocycles. The highest BCUT2D eigenvalue weighted by Gasteiger charge is 2.23. The van der Waals surface area contributed by atoms with E-state index in [1.54, 1.807) is 0 Å². The minimum atomic E-state index is 0.314. The summed E-state index contributed by atoms with van der Waals surface area (Å²) in [6, 6.07) is 0. The second kappa shape index (κ2) is 5.37. The Morgan fingerprint density at radius 1 is 1.62 bits per heavy atom. The fourth-order valence-corrected chi connectivity index (χ4v) is 1.82. The summed E-state index contributed by atoms with van der Waals surface area (Å²) in [7, 11) is 0. The quantitative estimate of drug-likeness (QED) is 0.651. The number of nitrogens with zero attached hydrogens (tertiary/aromatic N) is 1. The van der Waals surface area contributed by atoms with Crippen molar-refractivity contribution in [1.82, 2.24) is 4.90 Å². The van der Waals surface area contributed by atoms with Gasteiger partial charge in [-0.3, -0.25) is 4.90 Å². The van der Waals surface area contributed by atoms with Crippen LogP contribution in [0.5, 0.6) is 0 Å². The molecule has 2 atom stereocenters. The Morgan fingerprint density at radius 2 is 2.38 bits per heavy atom. The molecule has 3 nitrogen and oxygen atoms in total. The first kappa shape index (κ1) is 10.7. The molecule has 0 amide bonds. The van der Waals surface area contributed by atoms with Gasteiger partial charge < -0.3 is 10.5 Å². The van der Waals surface area contributed by atoms with Gasteiger partial charge in [0.05, 0.1) is 12.2 Å². The third-order valence-electron chi connectivity index (χ3n) is 2.28. The Labute approximate surface area is 80.5 Å². The monoisotopic (exact) mass is 184 g/mol. The smallest absolute Gasteiger partial charge is 0.0718 e. The molecule has 0 aromatic carbocycles. The minimum Gasteiger partial charge on any atom is -0.373 e. The van der Waals surface area contributed by atoms with Crippen molar-refractivity contribution in [3.63, 3.8) is 0 Å². The van der Waals surface area contributed by atoms with E-state index in [0.717, 1.165) is 26.1 Å². The molecule has 1 fully saturated rings. The topological polar surface area (TPSA) is 38.5 Å². The van der Waals surface area contributed by atoms with E-state index in [-0.39, 0.29) is 0 Å². The molecule has 0 bridgehead atoms. The van der Waals surface area contributed by atoms with Crippen LogP contribution in [-0.4, -0.2) is 43.3 Å². The lowest BCUT2D eigenvalue weighted by molar-refractivity contribution is -0.0753. The molecule has 1 rings (SSSR count). The molecule has 0 spiro atoms. The van der Waals surface area contributed by atoms with Gasteiger partial charge in [-0.2, -0.15) is 0 Å². The van der Waals surface area contributed by atoms with E-state index in [0.29, 0.717) is 18.8 Å². The van der Waals surface area contributed by atoms with Gasteiger partial charge >= 0.3 is 0 Å². The summed E-state index contributed by atoms with van der Waals surface area (Å²) in [6.45, 7) is 9.52. The van der Waals surface area contributed by atoms with Crippen molar-refractivity contribution in [2.24, 2.45) is 5.73 Å². The Bertz CT molecular complexity index is 161. The second-order valence-corrected chi connectivity index (χ2v) is 3.65. The van der Waals surface area contributed by atoms with Crippen LogP contribution in [0.3, 0.4) is 0 Å². The van der Waals surface area contributed by atoms with Gasteiger partial charge in [0.25, 0.3) is 0 Å². The summed E-state index contributed by atoms with van der Waals surface area (Å²) < 4.78 is 5.75. The van der Waals surface area contributed by atoms with Crippen LogP contribution in [0.4, 0.5) is 0 Å². The number of rotatable bonds is 4. The SMILES string of the molecule is C=CCN1CC(C)OC(CCN)C1. The molecule has 0 aromatic rings. The average molecular weight is 184 g/mol. The van der Waals surface area contributed by atoms with Crippen molar-refractivity contribution in [2.45, 2.75) is 25.6 Å². The summed E-state index contributed by atoms with van der Waals surface area (Å²) in [6.07, 6.45) is 3.54. The van der Waals surface area contributed by atoms with Crippen molar-refractivity contribution in [2.75, 3.05) is 26.2 Å². The van der Waals surface area contributed by atoms with Gasteiger partial charge in [0.2, 0.25) is 0 Å². The lowest BCUT2D eigenvalue weighted by Crippen LogP contribution is -2.47. The van der Waals surface area contributed by atoms with Crippen LogP contribution in [0, 0.1) is 0 Å². The van der Waals surface area contributed by atoms with Crippen LogP contribution in [0.2, 0.25) is 0 Å². The van der Waals surface area contributed by atoms with E-state index in [4.69, 9.17) is 10.5 Å². The molecule has 0 radical (unpaired) electrons. The summed E-state index contributed by atoms with van der Waals surface area (Å²) >= 11 is 0. The number of nitrogens with two attached hydrogens (primary N) is 1. The molecule has 3 heteroatoms. The molecular weight excluding hydrogens is 164 g/mol. The summed E-state index contributed by atoms with van der Waals surface area (Å²) in [5.74, 6) is 0. The molecule has 0 aromatic heterocycles. The molecule has 0 aliphatic carbocycles. The Balaban J connectivity index is 2.37. The first-order valence-electron chi connectivity index (χ1n) is 4.95. The van der Waals surface area contributed by atoms with Crippen LogP contribution < -0.4 is 5.73 Å². The second-order valence-electron chi connectivity index (χ2n) is 3.65. The largest absolute Gasteiger partial charge is 0.373 e. The third kappa shape index (κ3) is 3.46. The molecule has 1 saturated heterocycles. The van der Waals surface area contributed by atoms with Crippen LogP contribution >= 0.6 is 0 Å². The predicted octanol–water partition coefficient (Wildman–Crippen LogP) is 0.611. The van der Waals surface area contributed by atoms with Gasteiger partial charge in [0.15, 0.2) is 0 Å². The normalized spacial score (nSPS) is 30.3. The van der Waals surface area contributed by atoms with Crippen molar-refractivity contribution in [3.05, 3.63) is 12.7 Å². The maximum Gasteiger partial charge on any atom is 0.0718 e. The van der Waals surface area contributed by atoms with Gasteiger partial charge in [0, 0.05) is 19.6 Å². The molecular formula is C10H20N2O. The minimum absolute atomic E-state index is 0.314. The number of hydrogen-bond donors (Lipinski definition) is 1. The maximum atomic E-state index is 5.75. The van der Waals surface area contributed by atoms with Crippen LogP contribution in [0.25, 0.3) is 0 Å². The zero-order valence-electron chi connectivity index (χ0n) is 8.41. The van der Waals surface area contributed by atoms with E-state index in [9.17, 15) is 0 Å². The van der Waals surface area contributed by atoms with E-state index >= 15 is 0 Å². The van der Waals surface area contributed by atoms with Gasteiger partial charge in [-0.1, -0.05) is 6.08 Å². The first-order chi connectivity index (χ1) is 6.26. The lowest BCUT2D eigenvalue weighted by Gasteiger charge is -2.36. The number of morpholine rings is 1. The highest BCUT2D eigenvalue weighted by Crippen LogP contribution is 2.12. The maximum absolute atomic E-state index is 5.75. The Morgan fingerprint density at radius 3 is 3.00 bits per heavy atom. The first-order valence-corrected chi connectivity index (χ1v) is 4.95. The lowest BCUT2D eigenvalue weighted by atomic mass is 10.1. The van der Waals surface area contributed by atoms with E-state index in [1.165, 1.54) is 0 Å². The van der Waals surface area contributed by atoms with E-state index in [2.05, 4.69) is 18.4 Å². The molecule has 13 heavy (non-hydrogen) atoms. The van der Waals surface area contributed by atoms with Crippen molar-refractivity contribution < 1.29 is 4.74 Å². The Kier molecular flexibility index (Phi) is 4.42. The molecule has 76 valence electrons. The van der Waals surface area contributed by atoms with Crippen LogP contribution in [-0.2, 0) is 4.74 Å². The summed E-state index contributed by atoms with van der Waals surface area (Å²) in [5, 5.41) is 0. The highest BCUT2D eigenvalue weighted by molar-refractivity contribution is 4.81. The third-order valence-corrected chi connectivity index (χ3v) is 2.28. The van der Waals surface area contributed by atoms with Gasteiger partial charge in [-0.15, -0.1) is 6.58 Å².